The van der Waals surface area contributed by atoms with Crippen LogP contribution in [0, 0.1) is 11.8 Å². The van der Waals surface area contributed by atoms with E-state index in [4.69, 9.17) is 4.74 Å². The molecule has 0 bridgehead atoms. The molecule has 0 aromatic rings. The zero-order chi connectivity index (χ0) is 15.3. The number of hydrogen-bond donors (Lipinski definition) is 2. The minimum atomic E-state index is -1.24. The predicted octanol–water partition coefficient (Wildman–Crippen LogP) is 1.51. The Balaban J connectivity index is 1.90. The van der Waals surface area contributed by atoms with E-state index in [1.54, 1.807) is 6.92 Å². The minimum Gasteiger partial charge on any atom is -0.453 e. The van der Waals surface area contributed by atoms with E-state index < -0.39 is 29.1 Å². The molecule has 4 unspecified atom stereocenters. The van der Waals surface area contributed by atoms with Crippen molar-refractivity contribution in [3.8, 4) is 0 Å². The fourth-order valence-corrected chi connectivity index (χ4v) is 4.83. The molecule has 1 amide bonds. The molecule has 0 radical (unpaired) electrons. The number of amides is 1. The van der Waals surface area contributed by atoms with Gasteiger partial charge in [0.05, 0.1) is 12.0 Å². The maximum absolute atomic E-state index is 12.3. The summed E-state index contributed by atoms with van der Waals surface area (Å²) in [5.74, 6) is -0.993. The van der Waals surface area contributed by atoms with E-state index in [0.717, 1.165) is 25.7 Å². The summed E-state index contributed by atoms with van der Waals surface area (Å²) in [6, 6.07) is 0. The number of aliphatic hydroxyl groups is 1. The van der Waals surface area contributed by atoms with Gasteiger partial charge in [0, 0.05) is 5.33 Å². The molecule has 0 aromatic heterocycles. The molecular formula is C15H22BrNO4. The SMILES string of the molecule is CC12OC(=O)C1(C(O)C1CCCCC1)NC(=O)C2CCBr. The second-order valence-electron chi connectivity index (χ2n) is 6.67. The van der Waals surface area contributed by atoms with Gasteiger partial charge in [-0.15, -0.1) is 0 Å². The molecule has 1 aliphatic carbocycles. The predicted molar refractivity (Wildman–Crippen MR) is 79.9 cm³/mol. The van der Waals surface area contributed by atoms with Gasteiger partial charge in [-0.2, -0.15) is 0 Å². The number of ether oxygens (including phenoxy) is 1. The lowest BCUT2D eigenvalue weighted by molar-refractivity contribution is -0.240. The molecule has 2 heterocycles. The normalized spacial score (nSPS) is 41.0. The largest absolute Gasteiger partial charge is 0.453 e. The van der Waals surface area contributed by atoms with Crippen molar-refractivity contribution in [2.24, 2.45) is 11.8 Å². The van der Waals surface area contributed by atoms with Gasteiger partial charge in [0.1, 0.15) is 0 Å². The first-order chi connectivity index (χ1) is 9.97. The third-order valence-electron chi connectivity index (χ3n) is 5.65. The van der Waals surface area contributed by atoms with Crippen LogP contribution < -0.4 is 5.32 Å². The lowest BCUT2D eigenvalue weighted by Crippen LogP contribution is -2.80. The Hall–Kier alpha value is -0.620. The van der Waals surface area contributed by atoms with Crippen molar-refractivity contribution in [1.29, 1.82) is 0 Å². The van der Waals surface area contributed by atoms with Crippen molar-refractivity contribution in [1.82, 2.24) is 5.32 Å². The molecule has 1 saturated carbocycles. The highest BCUT2D eigenvalue weighted by molar-refractivity contribution is 9.09. The number of aliphatic hydroxyl groups excluding tert-OH is 1. The number of esters is 1. The maximum atomic E-state index is 12.3. The molecular weight excluding hydrogens is 338 g/mol. The Kier molecular flexibility index (Phi) is 3.81. The van der Waals surface area contributed by atoms with Crippen LogP contribution in [-0.4, -0.2) is 39.6 Å². The third kappa shape index (κ3) is 1.91. The summed E-state index contributed by atoms with van der Waals surface area (Å²) in [6.07, 6.45) is 4.88. The van der Waals surface area contributed by atoms with E-state index in [1.165, 1.54) is 6.42 Å². The van der Waals surface area contributed by atoms with E-state index in [0.29, 0.717) is 11.8 Å². The quantitative estimate of drug-likeness (QED) is 0.589. The Morgan fingerprint density at radius 3 is 2.62 bits per heavy atom. The standard InChI is InChI=1S/C15H22BrNO4/c1-14-10(7-8-16)12(19)17-15(14,13(20)21-14)11(18)9-5-3-2-4-6-9/h9-11,18H,2-8H2,1H3,(H,17,19). The number of hydrogen-bond acceptors (Lipinski definition) is 4. The van der Waals surface area contributed by atoms with Gasteiger partial charge in [0.15, 0.2) is 5.60 Å². The Morgan fingerprint density at radius 2 is 2.05 bits per heavy atom. The summed E-state index contributed by atoms with van der Waals surface area (Å²) in [7, 11) is 0. The Labute approximate surface area is 132 Å². The molecule has 4 atom stereocenters. The number of halogens is 1. The third-order valence-corrected chi connectivity index (χ3v) is 6.11. The van der Waals surface area contributed by atoms with Crippen LogP contribution in [0.15, 0.2) is 0 Å². The van der Waals surface area contributed by atoms with E-state index in [2.05, 4.69) is 21.2 Å². The first-order valence-electron chi connectivity index (χ1n) is 7.77. The molecule has 0 spiro atoms. The van der Waals surface area contributed by atoms with Gasteiger partial charge < -0.3 is 15.2 Å². The molecule has 118 valence electrons. The highest BCUT2D eigenvalue weighted by Gasteiger charge is 2.79. The Bertz CT molecular complexity index is 465. The lowest BCUT2D eigenvalue weighted by Gasteiger charge is -2.55. The van der Waals surface area contributed by atoms with Gasteiger partial charge in [0.2, 0.25) is 11.4 Å². The summed E-state index contributed by atoms with van der Waals surface area (Å²) in [4.78, 5) is 24.5. The van der Waals surface area contributed by atoms with Crippen LogP contribution in [0.25, 0.3) is 0 Å². The molecule has 2 saturated heterocycles. The van der Waals surface area contributed by atoms with Crippen molar-refractivity contribution in [3.63, 3.8) is 0 Å². The number of nitrogens with one attached hydrogen (secondary N) is 1. The van der Waals surface area contributed by atoms with Crippen LogP contribution in [0.3, 0.4) is 0 Å². The van der Waals surface area contributed by atoms with Crippen molar-refractivity contribution < 1.29 is 19.4 Å². The number of alkyl halides is 1. The Morgan fingerprint density at radius 1 is 1.38 bits per heavy atom. The maximum Gasteiger partial charge on any atom is 0.339 e. The molecule has 0 aromatic carbocycles. The molecule has 2 aliphatic heterocycles. The van der Waals surface area contributed by atoms with Crippen LogP contribution in [0.2, 0.25) is 0 Å². The summed E-state index contributed by atoms with van der Waals surface area (Å²) in [5.41, 5.74) is -2.16. The zero-order valence-electron chi connectivity index (χ0n) is 12.2. The van der Waals surface area contributed by atoms with Gasteiger partial charge in [-0.25, -0.2) is 4.79 Å². The monoisotopic (exact) mass is 359 g/mol. The van der Waals surface area contributed by atoms with Gasteiger partial charge in [0.25, 0.3) is 0 Å². The first-order valence-corrected chi connectivity index (χ1v) is 8.89. The van der Waals surface area contributed by atoms with Crippen LogP contribution >= 0.6 is 15.9 Å². The molecule has 3 fully saturated rings. The number of fused-ring (bicyclic) bond motifs is 1. The second kappa shape index (κ2) is 5.23. The lowest BCUT2D eigenvalue weighted by atomic mass is 9.64. The van der Waals surface area contributed by atoms with Crippen LogP contribution in [0.4, 0.5) is 0 Å². The van der Waals surface area contributed by atoms with Crippen molar-refractivity contribution >= 4 is 27.8 Å². The molecule has 3 rings (SSSR count). The molecule has 21 heavy (non-hydrogen) atoms. The zero-order valence-corrected chi connectivity index (χ0v) is 13.8. The number of carbonyl (C=O) groups excluding carboxylic acids is 2. The molecule has 3 aliphatic rings. The first kappa shape index (κ1) is 15.3. The minimum absolute atomic E-state index is 0.0638. The summed E-state index contributed by atoms with van der Waals surface area (Å²) < 4.78 is 5.40. The van der Waals surface area contributed by atoms with Crippen LogP contribution in [0.1, 0.15) is 45.4 Å². The van der Waals surface area contributed by atoms with Crippen LogP contribution in [0.5, 0.6) is 0 Å². The van der Waals surface area contributed by atoms with Crippen LogP contribution in [-0.2, 0) is 14.3 Å². The van der Waals surface area contributed by atoms with Crippen molar-refractivity contribution in [2.75, 3.05) is 5.33 Å². The summed E-state index contributed by atoms with van der Waals surface area (Å²) >= 11 is 3.35. The van der Waals surface area contributed by atoms with Gasteiger partial charge in [-0.05, 0) is 32.1 Å². The molecule has 5 nitrogen and oxygen atoms in total. The van der Waals surface area contributed by atoms with Crippen molar-refractivity contribution in [2.45, 2.75) is 62.7 Å². The summed E-state index contributed by atoms with van der Waals surface area (Å²) in [6.45, 7) is 1.78. The van der Waals surface area contributed by atoms with Gasteiger partial charge >= 0.3 is 5.97 Å². The topological polar surface area (TPSA) is 75.6 Å². The van der Waals surface area contributed by atoms with Crippen molar-refractivity contribution in [3.05, 3.63) is 0 Å². The average Bonchev–Trinajstić information content (AvgIpc) is 2.65. The summed E-state index contributed by atoms with van der Waals surface area (Å²) in [5, 5.41) is 14.3. The molecule has 2 N–H and O–H groups in total. The highest BCUT2D eigenvalue weighted by Crippen LogP contribution is 2.53. The number of rotatable bonds is 4. The molecule has 6 heteroatoms. The number of carbonyl (C=O) groups is 2. The smallest absolute Gasteiger partial charge is 0.339 e. The fraction of sp³-hybridized carbons (Fsp3) is 0.867. The second-order valence-corrected chi connectivity index (χ2v) is 7.46. The van der Waals surface area contributed by atoms with Gasteiger partial charge in [-0.3, -0.25) is 4.79 Å². The van der Waals surface area contributed by atoms with E-state index in [9.17, 15) is 14.7 Å². The van der Waals surface area contributed by atoms with E-state index in [1.807, 2.05) is 0 Å². The van der Waals surface area contributed by atoms with E-state index >= 15 is 0 Å². The highest BCUT2D eigenvalue weighted by atomic mass is 79.9. The fourth-order valence-electron chi connectivity index (χ4n) is 4.37. The van der Waals surface area contributed by atoms with Gasteiger partial charge in [-0.1, -0.05) is 35.2 Å². The average molecular weight is 360 g/mol. The van der Waals surface area contributed by atoms with E-state index in [-0.39, 0.29) is 11.8 Å².